The molecule has 0 radical (unpaired) electrons. The molecule has 1 amide bonds. The predicted octanol–water partition coefficient (Wildman–Crippen LogP) is -0.479. The summed E-state index contributed by atoms with van der Waals surface area (Å²) in [5.74, 6) is -0.261. The Morgan fingerprint density at radius 3 is 2.65 bits per heavy atom. The van der Waals surface area contributed by atoms with Crippen molar-refractivity contribution < 1.29 is 9.90 Å². The lowest BCUT2D eigenvalue weighted by Crippen LogP contribution is -2.35. The van der Waals surface area contributed by atoms with E-state index in [4.69, 9.17) is 5.11 Å². The second-order valence-corrected chi connectivity index (χ2v) is 5.56. The number of aromatic amines is 2. The number of hydrogen-bond donors (Lipinski definition) is 4. The molecule has 0 spiro atoms. The standard InChI is InChI=1S/C13H21N3O4/c1-13(2,4-3-5-17)8-14-10(18)6-9-7-11(19)16-12(20)15-9/h7,17H,3-6,8H2,1-2H3,(H,14,18)(H2,15,16,19,20). The van der Waals surface area contributed by atoms with Crippen LogP contribution in [0.4, 0.5) is 0 Å². The van der Waals surface area contributed by atoms with E-state index in [9.17, 15) is 14.4 Å². The molecule has 1 rings (SSSR count). The van der Waals surface area contributed by atoms with Crippen LogP contribution in [0, 0.1) is 5.41 Å². The molecule has 1 aromatic rings. The van der Waals surface area contributed by atoms with E-state index in [0.29, 0.717) is 13.0 Å². The summed E-state index contributed by atoms with van der Waals surface area (Å²) in [6.07, 6.45) is 1.44. The number of carbonyl (C=O) groups excluding carboxylic acids is 1. The van der Waals surface area contributed by atoms with E-state index in [1.54, 1.807) is 0 Å². The number of carbonyl (C=O) groups is 1. The Labute approximate surface area is 116 Å². The zero-order valence-corrected chi connectivity index (χ0v) is 11.8. The van der Waals surface area contributed by atoms with Crippen molar-refractivity contribution in [2.45, 2.75) is 33.1 Å². The normalized spacial score (nSPS) is 11.3. The molecule has 0 aromatic carbocycles. The molecule has 0 aliphatic heterocycles. The van der Waals surface area contributed by atoms with Crippen molar-refractivity contribution in [3.8, 4) is 0 Å². The fraction of sp³-hybridized carbons (Fsp3) is 0.615. The number of aromatic nitrogens is 2. The first-order valence-corrected chi connectivity index (χ1v) is 6.52. The number of rotatable bonds is 7. The van der Waals surface area contributed by atoms with Crippen molar-refractivity contribution in [2.24, 2.45) is 5.41 Å². The van der Waals surface area contributed by atoms with Gasteiger partial charge in [0.25, 0.3) is 5.56 Å². The van der Waals surface area contributed by atoms with Crippen molar-refractivity contribution in [1.29, 1.82) is 0 Å². The van der Waals surface area contributed by atoms with E-state index < -0.39 is 11.2 Å². The summed E-state index contributed by atoms with van der Waals surface area (Å²) < 4.78 is 0. The smallest absolute Gasteiger partial charge is 0.325 e. The Hall–Kier alpha value is -1.89. The highest BCUT2D eigenvalue weighted by Crippen LogP contribution is 2.20. The highest BCUT2D eigenvalue weighted by Gasteiger charge is 2.18. The van der Waals surface area contributed by atoms with Crippen LogP contribution in [0.15, 0.2) is 15.7 Å². The molecular weight excluding hydrogens is 262 g/mol. The molecule has 1 heterocycles. The van der Waals surface area contributed by atoms with Crippen LogP contribution in [-0.2, 0) is 11.2 Å². The van der Waals surface area contributed by atoms with Gasteiger partial charge in [-0.3, -0.25) is 14.6 Å². The van der Waals surface area contributed by atoms with Gasteiger partial charge < -0.3 is 15.4 Å². The SMILES string of the molecule is CC(C)(CCCO)CNC(=O)Cc1cc(=O)[nH]c(=O)[nH]1. The molecule has 0 atom stereocenters. The number of aliphatic hydroxyl groups is 1. The molecule has 0 aliphatic rings. The van der Waals surface area contributed by atoms with E-state index in [1.807, 2.05) is 18.8 Å². The molecule has 7 nitrogen and oxygen atoms in total. The first-order valence-electron chi connectivity index (χ1n) is 6.52. The van der Waals surface area contributed by atoms with Gasteiger partial charge in [-0.2, -0.15) is 0 Å². The van der Waals surface area contributed by atoms with Crippen molar-refractivity contribution in [1.82, 2.24) is 15.3 Å². The first kappa shape index (κ1) is 16.2. The zero-order valence-electron chi connectivity index (χ0n) is 11.8. The number of aliphatic hydroxyl groups excluding tert-OH is 1. The van der Waals surface area contributed by atoms with Gasteiger partial charge in [0.1, 0.15) is 0 Å². The molecule has 0 saturated carbocycles. The third-order valence-electron chi connectivity index (χ3n) is 2.94. The van der Waals surface area contributed by atoms with Gasteiger partial charge in [0.15, 0.2) is 0 Å². The van der Waals surface area contributed by atoms with Gasteiger partial charge in [0.2, 0.25) is 5.91 Å². The van der Waals surface area contributed by atoms with Gasteiger partial charge in [-0.15, -0.1) is 0 Å². The lowest BCUT2D eigenvalue weighted by atomic mass is 9.88. The lowest BCUT2D eigenvalue weighted by molar-refractivity contribution is -0.120. The van der Waals surface area contributed by atoms with Crippen LogP contribution in [0.25, 0.3) is 0 Å². The molecule has 0 unspecified atom stereocenters. The minimum absolute atomic E-state index is 0.0464. The summed E-state index contributed by atoms with van der Waals surface area (Å²) in [4.78, 5) is 38.4. The molecule has 0 fully saturated rings. The first-order chi connectivity index (χ1) is 9.32. The van der Waals surface area contributed by atoms with E-state index in [2.05, 4.69) is 10.3 Å². The molecule has 0 aliphatic carbocycles. The van der Waals surface area contributed by atoms with Crippen LogP contribution in [0.2, 0.25) is 0 Å². The second kappa shape index (κ2) is 7.04. The lowest BCUT2D eigenvalue weighted by Gasteiger charge is -2.24. The minimum Gasteiger partial charge on any atom is -0.396 e. The summed E-state index contributed by atoms with van der Waals surface area (Å²) >= 11 is 0. The van der Waals surface area contributed by atoms with Gasteiger partial charge in [0, 0.05) is 24.9 Å². The van der Waals surface area contributed by atoms with Gasteiger partial charge in [0.05, 0.1) is 6.42 Å². The molecule has 1 aromatic heterocycles. The molecule has 112 valence electrons. The third-order valence-corrected chi connectivity index (χ3v) is 2.94. The largest absolute Gasteiger partial charge is 0.396 e. The Balaban J connectivity index is 2.51. The Morgan fingerprint density at radius 2 is 2.05 bits per heavy atom. The summed E-state index contributed by atoms with van der Waals surface area (Å²) in [6.45, 7) is 4.60. The maximum atomic E-state index is 11.8. The second-order valence-electron chi connectivity index (χ2n) is 5.56. The number of hydrogen-bond acceptors (Lipinski definition) is 4. The number of nitrogens with one attached hydrogen (secondary N) is 3. The van der Waals surface area contributed by atoms with Crippen molar-refractivity contribution in [3.05, 3.63) is 32.6 Å². The topological polar surface area (TPSA) is 115 Å². The molecule has 7 heteroatoms. The quantitative estimate of drug-likeness (QED) is 0.541. The Bertz CT molecular complexity index is 531. The van der Waals surface area contributed by atoms with E-state index in [-0.39, 0.29) is 30.0 Å². The van der Waals surface area contributed by atoms with Crippen LogP contribution in [0.5, 0.6) is 0 Å². The fourth-order valence-electron chi connectivity index (χ4n) is 1.83. The van der Waals surface area contributed by atoms with Crippen molar-refractivity contribution >= 4 is 5.91 Å². The number of amides is 1. The Morgan fingerprint density at radius 1 is 1.35 bits per heavy atom. The number of H-pyrrole nitrogens is 2. The van der Waals surface area contributed by atoms with Gasteiger partial charge >= 0.3 is 5.69 Å². The summed E-state index contributed by atoms with van der Waals surface area (Å²) in [6, 6.07) is 1.19. The highest BCUT2D eigenvalue weighted by atomic mass is 16.3. The fourth-order valence-corrected chi connectivity index (χ4v) is 1.83. The van der Waals surface area contributed by atoms with E-state index in [1.165, 1.54) is 6.07 Å². The van der Waals surface area contributed by atoms with Gasteiger partial charge in [-0.05, 0) is 18.3 Å². The molecule has 0 bridgehead atoms. The Kier molecular flexibility index (Phi) is 5.69. The summed E-state index contributed by atoms with van der Waals surface area (Å²) in [7, 11) is 0. The van der Waals surface area contributed by atoms with Crippen LogP contribution in [-0.4, -0.2) is 34.1 Å². The van der Waals surface area contributed by atoms with Crippen LogP contribution in [0.3, 0.4) is 0 Å². The summed E-state index contributed by atoms with van der Waals surface area (Å²) in [5, 5.41) is 11.6. The van der Waals surface area contributed by atoms with E-state index >= 15 is 0 Å². The average Bonchev–Trinajstić information content (AvgIpc) is 2.33. The van der Waals surface area contributed by atoms with Crippen LogP contribution in [0.1, 0.15) is 32.4 Å². The van der Waals surface area contributed by atoms with Gasteiger partial charge in [-0.1, -0.05) is 13.8 Å². The summed E-state index contributed by atoms with van der Waals surface area (Å²) in [5.41, 5.74) is -0.979. The average molecular weight is 283 g/mol. The highest BCUT2D eigenvalue weighted by molar-refractivity contribution is 5.78. The maximum Gasteiger partial charge on any atom is 0.325 e. The predicted molar refractivity (Wildman–Crippen MR) is 74.5 cm³/mol. The van der Waals surface area contributed by atoms with E-state index in [0.717, 1.165) is 6.42 Å². The molecule has 4 N–H and O–H groups in total. The van der Waals surface area contributed by atoms with Crippen molar-refractivity contribution in [3.63, 3.8) is 0 Å². The zero-order chi connectivity index (χ0) is 15.2. The minimum atomic E-state index is -0.622. The monoisotopic (exact) mass is 283 g/mol. The van der Waals surface area contributed by atoms with Crippen LogP contribution >= 0.6 is 0 Å². The van der Waals surface area contributed by atoms with Crippen LogP contribution < -0.4 is 16.6 Å². The maximum absolute atomic E-state index is 11.8. The van der Waals surface area contributed by atoms with Crippen molar-refractivity contribution in [2.75, 3.05) is 13.2 Å². The molecule has 20 heavy (non-hydrogen) atoms. The molecular formula is C13H21N3O4. The molecule has 0 saturated heterocycles. The third kappa shape index (κ3) is 5.83. The van der Waals surface area contributed by atoms with Gasteiger partial charge in [-0.25, -0.2) is 4.79 Å².